The Labute approximate surface area is 149 Å². The van der Waals surface area contributed by atoms with E-state index in [9.17, 15) is 9.59 Å². The van der Waals surface area contributed by atoms with Crippen molar-refractivity contribution in [3.8, 4) is 0 Å². The van der Waals surface area contributed by atoms with Gasteiger partial charge in [0.25, 0.3) is 0 Å². The number of likely N-dealkylation sites (tertiary alicyclic amines) is 1. The number of halogens is 1. The van der Waals surface area contributed by atoms with Gasteiger partial charge in [0.05, 0.1) is 0 Å². The van der Waals surface area contributed by atoms with Gasteiger partial charge in [-0.05, 0) is 12.8 Å². The quantitative estimate of drug-likeness (QED) is 0.831. The highest BCUT2D eigenvalue weighted by Crippen LogP contribution is 2.26. The fraction of sp³-hybridized carbons (Fsp3) is 0.500. The average Bonchev–Trinajstić information content (AvgIpc) is 3.21. The fourth-order valence-corrected chi connectivity index (χ4v) is 3.35. The zero-order valence-electron chi connectivity index (χ0n) is 13.7. The lowest BCUT2D eigenvalue weighted by Gasteiger charge is -2.32. The second-order valence-electron chi connectivity index (χ2n) is 6.17. The first kappa shape index (κ1) is 17.5. The first-order valence-corrected chi connectivity index (χ1v) is 8.59. The Kier molecular flexibility index (Phi) is 5.37. The first-order chi connectivity index (χ1) is 12.0. The molecule has 2 aromatic heterocycles. The van der Waals surface area contributed by atoms with Gasteiger partial charge in [0.2, 0.25) is 11.8 Å². The molecule has 0 radical (unpaired) electrons. The number of nitrogens with zero attached hydrogens (tertiary/aromatic N) is 4. The number of rotatable bonds is 6. The minimum atomic E-state index is -0.409. The highest BCUT2D eigenvalue weighted by molar-refractivity contribution is 6.29. The van der Waals surface area contributed by atoms with E-state index in [0.717, 1.165) is 25.2 Å². The molecule has 0 aliphatic carbocycles. The molecule has 0 saturated carbocycles. The Balaban J connectivity index is 1.60. The molecule has 2 amide bonds. The Morgan fingerprint density at radius 3 is 3.00 bits per heavy atom. The van der Waals surface area contributed by atoms with Crippen LogP contribution < -0.4 is 5.73 Å². The van der Waals surface area contributed by atoms with Crippen molar-refractivity contribution in [2.45, 2.75) is 38.1 Å². The molecule has 0 aromatic carbocycles. The van der Waals surface area contributed by atoms with E-state index in [1.807, 2.05) is 4.90 Å². The van der Waals surface area contributed by atoms with Crippen molar-refractivity contribution in [1.29, 1.82) is 0 Å². The minimum absolute atomic E-state index is 0.0604. The summed E-state index contributed by atoms with van der Waals surface area (Å²) in [6.07, 6.45) is 6.04. The zero-order chi connectivity index (χ0) is 17.8. The molecule has 1 atom stereocenters. The van der Waals surface area contributed by atoms with Crippen LogP contribution in [0.5, 0.6) is 0 Å². The SMILES string of the molecule is NC(=O)Cn1ccnc1[C@@H]1CCCN(C(=O)CCc2cc(Cl)no2)C1. The van der Waals surface area contributed by atoms with Crippen LogP contribution in [0.25, 0.3) is 0 Å². The van der Waals surface area contributed by atoms with Gasteiger partial charge in [0.1, 0.15) is 18.1 Å². The molecule has 3 heterocycles. The first-order valence-electron chi connectivity index (χ1n) is 8.21. The number of imidazole rings is 1. The highest BCUT2D eigenvalue weighted by Gasteiger charge is 2.27. The lowest BCUT2D eigenvalue weighted by Crippen LogP contribution is -2.40. The van der Waals surface area contributed by atoms with Gasteiger partial charge in [0.15, 0.2) is 5.15 Å². The highest BCUT2D eigenvalue weighted by atomic mass is 35.5. The number of aryl methyl sites for hydroxylation is 1. The molecule has 0 bridgehead atoms. The monoisotopic (exact) mass is 365 g/mol. The molecule has 1 aliphatic rings. The van der Waals surface area contributed by atoms with Gasteiger partial charge >= 0.3 is 0 Å². The fourth-order valence-electron chi connectivity index (χ4n) is 3.19. The molecule has 9 heteroatoms. The van der Waals surface area contributed by atoms with E-state index in [4.69, 9.17) is 21.9 Å². The van der Waals surface area contributed by atoms with E-state index in [1.54, 1.807) is 23.0 Å². The van der Waals surface area contributed by atoms with Crippen molar-refractivity contribution in [2.75, 3.05) is 13.1 Å². The van der Waals surface area contributed by atoms with Crippen LogP contribution in [0.1, 0.15) is 36.8 Å². The molecule has 1 fully saturated rings. The number of hydrogen-bond donors (Lipinski definition) is 1. The summed E-state index contributed by atoms with van der Waals surface area (Å²) in [6, 6.07) is 1.62. The van der Waals surface area contributed by atoms with Crippen LogP contribution in [-0.4, -0.2) is 44.5 Å². The summed E-state index contributed by atoms with van der Waals surface area (Å²) in [5, 5.41) is 3.90. The van der Waals surface area contributed by atoms with Crippen molar-refractivity contribution in [2.24, 2.45) is 5.73 Å². The summed E-state index contributed by atoms with van der Waals surface area (Å²) in [5.74, 6) is 1.16. The van der Waals surface area contributed by atoms with Crippen LogP contribution in [0.2, 0.25) is 5.15 Å². The smallest absolute Gasteiger partial charge is 0.237 e. The molecule has 25 heavy (non-hydrogen) atoms. The van der Waals surface area contributed by atoms with E-state index in [0.29, 0.717) is 30.3 Å². The van der Waals surface area contributed by atoms with Crippen molar-refractivity contribution in [3.05, 3.63) is 35.2 Å². The molecular formula is C16H20ClN5O3. The number of nitrogens with two attached hydrogens (primary N) is 1. The molecule has 1 saturated heterocycles. The Morgan fingerprint density at radius 1 is 1.44 bits per heavy atom. The van der Waals surface area contributed by atoms with Gasteiger partial charge in [-0.25, -0.2) is 4.98 Å². The lowest BCUT2D eigenvalue weighted by atomic mass is 9.96. The standard InChI is InChI=1S/C16H20ClN5O3/c17-13-8-12(25-20-13)3-4-15(24)21-6-1-2-11(9-21)16-19-5-7-22(16)10-14(18)23/h5,7-8,11H,1-4,6,9-10H2,(H2,18,23)/t11-/m1/s1. The molecule has 8 nitrogen and oxygen atoms in total. The topological polar surface area (TPSA) is 107 Å². The summed E-state index contributed by atoms with van der Waals surface area (Å²) in [6.45, 7) is 1.42. The normalized spacial score (nSPS) is 17.6. The molecular weight excluding hydrogens is 346 g/mol. The lowest BCUT2D eigenvalue weighted by molar-refractivity contribution is -0.132. The van der Waals surface area contributed by atoms with Crippen LogP contribution in [0.3, 0.4) is 0 Å². The molecule has 2 aromatic rings. The third-order valence-electron chi connectivity index (χ3n) is 4.33. The van der Waals surface area contributed by atoms with Crippen molar-refractivity contribution >= 4 is 23.4 Å². The van der Waals surface area contributed by atoms with Crippen LogP contribution in [-0.2, 0) is 22.6 Å². The molecule has 2 N–H and O–H groups in total. The van der Waals surface area contributed by atoms with Gasteiger partial charge in [-0.15, -0.1) is 0 Å². The Morgan fingerprint density at radius 2 is 2.28 bits per heavy atom. The molecule has 1 aliphatic heterocycles. The van der Waals surface area contributed by atoms with E-state index in [-0.39, 0.29) is 18.4 Å². The summed E-state index contributed by atoms with van der Waals surface area (Å²) in [4.78, 5) is 29.9. The van der Waals surface area contributed by atoms with Crippen molar-refractivity contribution in [1.82, 2.24) is 19.6 Å². The second-order valence-corrected chi connectivity index (χ2v) is 6.56. The number of carbonyl (C=O) groups is 2. The van der Waals surface area contributed by atoms with Crippen LogP contribution in [0, 0.1) is 0 Å². The number of carbonyl (C=O) groups excluding carboxylic acids is 2. The van der Waals surface area contributed by atoms with Crippen molar-refractivity contribution < 1.29 is 14.1 Å². The molecule has 0 spiro atoms. The average molecular weight is 366 g/mol. The van der Waals surface area contributed by atoms with Gasteiger partial charge in [-0.3, -0.25) is 9.59 Å². The Hall–Kier alpha value is -2.35. The predicted octanol–water partition coefficient (Wildman–Crippen LogP) is 1.35. The number of piperidine rings is 1. The zero-order valence-corrected chi connectivity index (χ0v) is 14.5. The maximum Gasteiger partial charge on any atom is 0.237 e. The van der Waals surface area contributed by atoms with E-state index >= 15 is 0 Å². The largest absolute Gasteiger partial charge is 0.368 e. The maximum absolute atomic E-state index is 12.5. The van der Waals surface area contributed by atoms with Gasteiger partial charge in [0, 0.05) is 50.3 Å². The maximum atomic E-state index is 12.5. The second kappa shape index (κ2) is 7.69. The Bertz CT molecular complexity index is 757. The van der Waals surface area contributed by atoms with Crippen LogP contribution in [0.4, 0.5) is 0 Å². The van der Waals surface area contributed by atoms with Crippen LogP contribution >= 0.6 is 11.6 Å². The number of primary amides is 1. The van der Waals surface area contributed by atoms with Gasteiger partial charge < -0.3 is 19.7 Å². The predicted molar refractivity (Wildman–Crippen MR) is 89.8 cm³/mol. The number of hydrogen-bond acceptors (Lipinski definition) is 5. The van der Waals surface area contributed by atoms with E-state index in [1.165, 1.54) is 0 Å². The minimum Gasteiger partial charge on any atom is -0.368 e. The van der Waals surface area contributed by atoms with Gasteiger partial charge in [-0.2, -0.15) is 0 Å². The van der Waals surface area contributed by atoms with Crippen LogP contribution in [0.15, 0.2) is 23.0 Å². The molecule has 3 rings (SSSR count). The molecule has 0 unspecified atom stereocenters. The summed E-state index contributed by atoms with van der Waals surface area (Å²) in [7, 11) is 0. The number of amides is 2. The molecule has 134 valence electrons. The summed E-state index contributed by atoms with van der Waals surface area (Å²) >= 11 is 5.71. The number of aromatic nitrogens is 3. The summed E-state index contributed by atoms with van der Waals surface area (Å²) in [5.41, 5.74) is 5.28. The van der Waals surface area contributed by atoms with Crippen molar-refractivity contribution in [3.63, 3.8) is 0 Å². The van der Waals surface area contributed by atoms with E-state index in [2.05, 4.69) is 10.1 Å². The van der Waals surface area contributed by atoms with E-state index < -0.39 is 5.91 Å². The summed E-state index contributed by atoms with van der Waals surface area (Å²) < 4.78 is 6.79. The third kappa shape index (κ3) is 4.39. The van der Waals surface area contributed by atoms with Gasteiger partial charge in [-0.1, -0.05) is 16.8 Å². The third-order valence-corrected chi connectivity index (χ3v) is 4.51.